The Hall–Kier alpha value is -2.29. The lowest BCUT2D eigenvalue weighted by Crippen LogP contribution is -1.99. The van der Waals surface area contributed by atoms with E-state index >= 15 is 0 Å². The zero-order chi connectivity index (χ0) is 13.0. The van der Waals surface area contributed by atoms with Crippen molar-refractivity contribution in [2.45, 2.75) is 6.42 Å². The molecule has 1 N–H and O–H groups in total. The Balaban J connectivity index is 2.29. The van der Waals surface area contributed by atoms with Gasteiger partial charge in [0.15, 0.2) is 0 Å². The number of hydrogen-bond acceptors (Lipinski definition) is 2. The standard InChI is InChI=1S/C15H14O3/c1-18-14-7-5-12(6-8-14)13-4-2-3-11(9-13)10-15(16)17/h2-9H,10H2,1H3,(H,16,17). The molecule has 2 aromatic rings. The van der Waals surface area contributed by atoms with Crippen LogP contribution < -0.4 is 4.74 Å². The van der Waals surface area contributed by atoms with Crippen molar-refractivity contribution in [1.82, 2.24) is 0 Å². The summed E-state index contributed by atoms with van der Waals surface area (Å²) in [7, 11) is 1.63. The minimum atomic E-state index is -0.818. The number of ether oxygens (including phenoxy) is 1. The molecule has 0 fully saturated rings. The van der Waals surface area contributed by atoms with Crippen LogP contribution in [0.5, 0.6) is 5.75 Å². The summed E-state index contributed by atoms with van der Waals surface area (Å²) >= 11 is 0. The summed E-state index contributed by atoms with van der Waals surface area (Å²) in [6.45, 7) is 0. The van der Waals surface area contributed by atoms with Crippen molar-refractivity contribution in [3.05, 3.63) is 54.1 Å². The highest BCUT2D eigenvalue weighted by molar-refractivity contribution is 5.72. The molecule has 0 unspecified atom stereocenters. The summed E-state index contributed by atoms with van der Waals surface area (Å²) in [5.41, 5.74) is 2.86. The third kappa shape index (κ3) is 2.88. The van der Waals surface area contributed by atoms with Crippen LogP contribution in [-0.4, -0.2) is 18.2 Å². The van der Waals surface area contributed by atoms with Gasteiger partial charge < -0.3 is 9.84 Å². The maximum atomic E-state index is 10.7. The quantitative estimate of drug-likeness (QED) is 0.896. The first-order valence-electron chi connectivity index (χ1n) is 5.64. The van der Waals surface area contributed by atoms with Crippen molar-refractivity contribution in [1.29, 1.82) is 0 Å². The molecule has 0 aromatic heterocycles. The summed E-state index contributed by atoms with van der Waals surface area (Å²) in [6.07, 6.45) is 0.0456. The van der Waals surface area contributed by atoms with E-state index in [2.05, 4.69) is 0 Å². The third-order valence-corrected chi connectivity index (χ3v) is 2.71. The molecule has 2 rings (SSSR count). The monoisotopic (exact) mass is 242 g/mol. The van der Waals surface area contributed by atoms with Crippen LogP contribution in [0, 0.1) is 0 Å². The molecule has 0 radical (unpaired) electrons. The minimum Gasteiger partial charge on any atom is -0.497 e. The van der Waals surface area contributed by atoms with E-state index in [0.717, 1.165) is 22.4 Å². The predicted molar refractivity (Wildman–Crippen MR) is 69.8 cm³/mol. The topological polar surface area (TPSA) is 46.5 Å². The Morgan fingerprint density at radius 2 is 1.83 bits per heavy atom. The Morgan fingerprint density at radius 1 is 1.11 bits per heavy atom. The molecule has 0 atom stereocenters. The van der Waals surface area contributed by atoms with Crippen LogP contribution >= 0.6 is 0 Å². The molecule has 0 amide bonds. The molecule has 0 aliphatic rings. The fourth-order valence-electron chi connectivity index (χ4n) is 1.82. The maximum Gasteiger partial charge on any atom is 0.307 e. The number of carbonyl (C=O) groups is 1. The summed E-state index contributed by atoms with van der Waals surface area (Å²) in [6, 6.07) is 15.2. The molecule has 0 saturated carbocycles. The molecule has 3 nitrogen and oxygen atoms in total. The summed E-state index contributed by atoms with van der Waals surface area (Å²) in [4.78, 5) is 10.7. The van der Waals surface area contributed by atoms with Crippen molar-refractivity contribution < 1.29 is 14.6 Å². The van der Waals surface area contributed by atoms with E-state index in [4.69, 9.17) is 9.84 Å². The molecule has 0 saturated heterocycles. The molecule has 0 aliphatic carbocycles. The molecule has 3 heteroatoms. The highest BCUT2D eigenvalue weighted by atomic mass is 16.5. The summed E-state index contributed by atoms with van der Waals surface area (Å²) in [5.74, 6) is -0.0117. The van der Waals surface area contributed by atoms with Gasteiger partial charge in [0.2, 0.25) is 0 Å². The molecular weight excluding hydrogens is 228 g/mol. The SMILES string of the molecule is COc1ccc(-c2cccc(CC(=O)O)c2)cc1. The van der Waals surface area contributed by atoms with Crippen molar-refractivity contribution in [2.75, 3.05) is 7.11 Å². The number of benzene rings is 2. The third-order valence-electron chi connectivity index (χ3n) is 2.71. The van der Waals surface area contributed by atoms with Gasteiger partial charge in [-0.1, -0.05) is 36.4 Å². The van der Waals surface area contributed by atoms with Gasteiger partial charge in [0.05, 0.1) is 13.5 Å². The second-order valence-corrected chi connectivity index (χ2v) is 4.00. The van der Waals surface area contributed by atoms with E-state index in [1.54, 1.807) is 7.11 Å². The second-order valence-electron chi connectivity index (χ2n) is 4.00. The number of hydrogen-bond donors (Lipinski definition) is 1. The van der Waals surface area contributed by atoms with Gasteiger partial charge in [0.25, 0.3) is 0 Å². The van der Waals surface area contributed by atoms with Gasteiger partial charge in [-0.2, -0.15) is 0 Å². The molecule has 2 aromatic carbocycles. The first-order valence-corrected chi connectivity index (χ1v) is 5.64. The zero-order valence-electron chi connectivity index (χ0n) is 10.1. The Bertz CT molecular complexity index is 544. The fourth-order valence-corrected chi connectivity index (χ4v) is 1.82. The van der Waals surface area contributed by atoms with Crippen LogP contribution in [0.2, 0.25) is 0 Å². The highest BCUT2D eigenvalue weighted by Crippen LogP contribution is 2.23. The van der Waals surface area contributed by atoms with E-state index in [1.807, 2.05) is 48.5 Å². The van der Waals surface area contributed by atoms with E-state index in [9.17, 15) is 4.79 Å². The number of methoxy groups -OCH3 is 1. The molecule has 0 aliphatic heterocycles. The Morgan fingerprint density at radius 3 is 2.44 bits per heavy atom. The van der Waals surface area contributed by atoms with Gasteiger partial charge in [-0.3, -0.25) is 4.79 Å². The Labute approximate surface area is 106 Å². The van der Waals surface area contributed by atoms with E-state index in [1.165, 1.54) is 0 Å². The first kappa shape index (κ1) is 12.2. The van der Waals surface area contributed by atoms with Gasteiger partial charge in [0.1, 0.15) is 5.75 Å². The highest BCUT2D eigenvalue weighted by Gasteiger charge is 2.03. The van der Waals surface area contributed by atoms with Gasteiger partial charge in [-0.15, -0.1) is 0 Å². The normalized spacial score (nSPS) is 10.1. The lowest BCUT2D eigenvalue weighted by atomic mass is 10.0. The molecule has 0 heterocycles. The van der Waals surface area contributed by atoms with Gasteiger partial charge >= 0.3 is 5.97 Å². The number of aliphatic carboxylic acids is 1. The van der Waals surface area contributed by atoms with E-state index < -0.39 is 5.97 Å². The largest absolute Gasteiger partial charge is 0.497 e. The van der Waals surface area contributed by atoms with Crippen molar-refractivity contribution >= 4 is 5.97 Å². The summed E-state index contributed by atoms with van der Waals surface area (Å²) < 4.78 is 5.10. The average molecular weight is 242 g/mol. The molecule has 18 heavy (non-hydrogen) atoms. The van der Waals surface area contributed by atoms with Crippen molar-refractivity contribution in [2.24, 2.45) is 0 Å². The first-order chi connectivity index (χ1) is 8.69. The van der Waals surface area contributed by atoms with Gasteiger partial charge in [-0.25, -0.2) is 0 Å². The minimum absolute atomic E-state index is 0.0456. The van der Waals surface area contributed by atoms with Crippen LogP contribution in [0.1, 0.15) is 5.56 Å². The molecular formula is C15H14O3. The lowest BCUT2D eigenvalue weighted by Gasteiger charge is -2.05. The Kier molecular flexibility index (Phi) is 3.63. The van der Waals surface area contributed by atoms with Crippen LogP contribution in [-0.2, 0) is 11.2 Å². The lowest BCUT2D eigenvalue weighted by molar-refractivity contribution is -0.136. The van der Waals surface area contributed by atoms with Gasteiger partial charge in [0, 0.05) is 0 Å². The number of carboxylic acid groups (broad SMARTS) is 1. The van der Waals surface area contributed by atoms with E-state index in [0.29, 0.717) is 0 Å². The smallest absolute Gasteiger partial charge is 0.307 e. The van der Waals surface area contributed by atoms with Crippen LogP contribution in [0.15, 0.2) is 48.5 Å². The number of carboxylic acids is 1. The zero-order valence-corrected chi connectivity index (χ0v) is 10.1. The van der Waals surface area contributed by atoms with Crippen LogP contribution in [0.3, 0.4) is 0 Å². The van der Waals surface area contributed by atoms with Gasteiger partial charge in [-0.05, 0) is 28.8 Å². The average Bonchev–Trinajstić information content (AvgIpc) is 2.38. The predicted octanol–water partition coefficient (Wildman–Crippen LogP) is 2.99. The van der Waals surface area contributed by atoms with Crippen molar-refractivity contribution in [3.8, 4) is 16.9 Å². The number of rotatable bonds is 4. The summed E-state index contributed by atoms with van der Waals surface area (Å²) in [5, 5.41) is 8.78. The molecule has 0 bridgehead atoms. The second kappa shape index (κ2) is 5.36. The van der Waals surface area contributed by atoms with Crippen LogP contribution in [0.25, 0.3) is 11.1 Å². The van der Waals surface area contributed by atoms with E-state index in [-0.39, 0.29) is 6.42 Å². The van der Waals surface area contributed by atoms with Crippen LogP contribution in [0.4, 0.5) is 0 Å². The fraction of sp³-hybridized carbons (Fsp3) is 0.133. The van der Waals surface area contributed by atoms with Crippen molar-refractivity contribution in [3.63, 3.8) is 0 Å². The maximum absolute atomic E-state index is 10.7. The molecule has 92 valence electrons. The molecule has 0 spiro atoms.